The van der Waals surface area contributed by atoms with Crippen LogP contribution in [-0.4, -0.2) is 20.6 Å². The monoisotopic (exact) mass is 386 g/mol. The molecule has 0 saturated carbocycles. The van der Waals surface area contributed by atoms with E-state index in [0.29, 0.717) is 21.3 Å². The lowest BCUT2D eigenvalue weighted by Crippen LogP contribution is -2.26. The first-order chi connectivity index (χ1) is 11.1. The van der Waals surface area contributed by atoms with Gasteiger partial charge >= 0.3 is 0 Å². The highest BCUT2D eigenvalue weighted by atomic mass is 35.5. The molecule has 0 aliphatic rings. The zero-order chi connectivity index (χ0) is 17.9. The first kappa shape index (κ1) is 18.6. The molecule has 0 fully saturated rings. The topological polar surface area (TPSA) is 75.3 Å². The molecule has 0 heterocycles. The van der Waals surface area contributed by atoms with Gasteiger partial charge in [0.2, 0.25) is 10.0 Å². The fourth-order valence-corrected chi connectivity index (χ4v) is 3.21. The molecule has 1 unspecified atom stereocenters. The van der Waals surface area contributed by atoms with Gasteiger partial charge < -0.3 is 5.32 Å². The van der Waals surface area contributed by atoms with Crippen LogP contribution in [0.25, 0.3) is 0 Å². The molecular weight excluding hydrogens is 371 g/mol. The van der Waals surface area contributed by atoms with E-state index in [0.717, 1.165) is 11.8 Å². The molecule has 2 aromatic rings. The summed E-state index contributed by atoms with van der Waals surface area (Å²) < 4.78 is 25.0. The molecule has 0 saturated heterocycles. The van der Waals surface area contributed by atoms with Crippen molar-refractivity contribution in [2.24, 2.45) is 0 Å². The summed E-state index contributed by atoms with van der Waals surface area (Å²) >= 11 is 11.8. The second-order valence-electron chi connectivity index (χ2n) is 5.35. The Kier molecular flexibility index (Phi) is 5.74. The zero-order valence-electron chi connectivity index (χ0n) is 13.0. The van der Waals surface area contributed by atoms with Gasteiger partial charge in [0.05, 0.1) is 12.3 Å². The SMILES string of the molecule is CC(NC(=O)c1cc(Cl)cc(Cl)c1)c1cccc(NS(C)(=O)=O)c1. The summed E-state index contributed by atoms with van der Waals surface area (Å²) in [4.78, 5) is 12.3. The van der Waals surface area contributed by atoms with Crippen LogP contribution in [0.4, 0.5) is 5.69 Å². The number of nitrogens with one attached hydrogen (secondary N) is 2. The molecule has 1 amide bonds. The van der Waals surface area contributed by atoms with Crippen molar-refractivity contribution < 1.29 is 13.2 Å². The van der Waals surface area contributed by atoms with Crippen LogP contribution < -0.4 is 10.0 Å². The Morgan fingerprint density at radius 1 is 1.08 bits per heavy atom. The summed E-state index contributed by atoms with van der Waals surface area (Å²) in [6.07, 6.45) is 1.08. The lowest BCUT2D eigenvalue weighted by Gasteiger charge is -2.16. The second kappa shape index (κ2) is 7.42. The summed E-state index contributed by atoms with van der Waals surface area (Å²) in [5, 5.41) is 3.57. The van der Waals surface area contributed by atoms with Crippen LogP contribution in [0.3, 0.4) is 0 Å². The number of hydrogen-bond donors (Lipinski definition) is 2. The van der Waals surface area contributed by atoms with E-state index < -0.39 is 10.0 Å². The van der Waals surface area contributed by atoms with Crippen LogP contribution >= 0.6 is 23.2 Å². The summed E-state index contributed by atoms with van der Waals surface area (Å²) in [6, 6.07) is 11.1. The third kappa shape index (κ3) is 5.40. The molecule has 2 aromatic carbocycles. The predicted molar refractivity (Wildman–Crippen MR) is 97.3 cm³/mol. The van der Waals surface area contributed by atoms with Gasteiger partial charge in [-0.2, -0.15) is 0 Å². The molecule has 2 rings (SSSR count). The van der Waals surface area contributed by atoms with Crippen molar-refractivity contribution in [3.05, 3.63) is 63.6 Å². The Labute approximate surface area is 151 Å². The van der Waals surface area contributed by atoms with E-state index in [1.807, 2.05) is 0 Å². The van der Waals surface area contributed by atoms with Crippen molar-refractivity contribution in [1.29, 1.82) is 0 Å². The molecule has 0 aromatic heterocycles. The largest absolute Gasteiger partial charge is 0.346 e. The quantitative estimate of drug-likeness (QED) is 0.818. The van der Waals surface area contributed by atoms with Gasteiger partial charge in [-0.3, -0.25) is 9.52 Å². The third-order valence-electron chi connectivity index (χ3n) is 3.16. The average Bonchev–Trinajstić information content (AvgIpc) is 2.44. The standard InChI is InChI=1S/C16H16Cl2N2O3S/c1-10(11-4-3-5-15(8-11)20-24(2,22)23)19-16(21)12-6-13(17)9-14(18)7-12/h3-10,20H,1-2H3,(H,19,21). The van der Waals surface area contributed by atoms with E-state index in [4.69, 9.17) is 23.2 Å². The van der Waals surface area contributed by atoms with Gasteiger partial charge in [-0.25, -0.2) is 8.42 Å². The van der Waals surface area contributed by atoms with E-state index >= 15 is 0 Å². The maximum atomic E-state index is 12.3. The minimum absolute atomic E-state index is 0.326. The lowest BCUT2D eigenvalue weighted by atomic mass is 10.1. The predicted octanol–water partition coefficient (Wildman–Crippen LogP) is 3.86. The zero-order valence-corrected chi connectivity index (χ0v) is 15.3. The smallest absolute Gasteiger partial charge is 0.251 e. The Morgan fingerprint density at radius 2 is 1.71 bits per heavy atom. The van der Waals surface area contributed by atoms with Crippen LogP contribution in [0, 0.1) is 0 Å². The number of halogens is 2. The van der Waals surface area contributed by atoms with Gasteiger partial charge in [0.25, 0.3) is 5.91 Å². The molecule has 0 aliphatic heterocycles. The molecule has 1 atom stereocenters. The molecule has 0 radical (unpaired) electrons. The molecule has 2 N–H and O–H groups in total. The molecular formula is C16H16Cl2N2O3S. The van der Waals surface area contributed by atoms with Gasteiger partial charge in [-0.1, -0.05) is 35.3 Å². The molecule has 24 heavy (non-hydrogen) atoms. The van der Waals surface area contributed by atoms with E-state index in [1.165, 1.54) is 12.1 Å². The number of benzene rings is 2. The van der Waals surface area contributed by atoms with Crippen LogP contribution in [0.15, 0.2) is 42.5 Å². The first-order valence-electron chi connectivity index (χ1n) is 6.99. The summed E-state index contributed by atoms with van der Waals surface area (Å²) in [6.45, 7) is 1.80. The number of sulfonamides is 1. The summed E-state index contributed by atoms with van der Waals surface area (Å²) in [5.41, 5.74) is 1.54. The maximum absolute atomic E-state index is 12.3. The number of carbonyl (C=O) groups is 1. The number of carbonyl (C=O) groups excluding carboxylic acids is 1. The Hall–Kier alpha value is -1.76. The van der Waals surface area contributed by atoms with Gasteiger partial charge in [-0.15, -0.1) is 0 Å². The van der Waals surface area contributed by atoms with Crippen molar-refractivity contribution in [3.63, 3.8) is 0 Å². The molecule has 0 bridgehead atoms. The molecule has 128 valence electrons. The summed E-state index contributed by atoms with van der Waals surface area (Å²) in [7, 11) is -3.36. The van der Waals surface area contributed by atoms with Gasteiger partial charge in [-0.05, 0) is 42.8 Å². The Morgan fingerprint density at radius 3 is 2.29 bits per heavy atom. The minimum Gasteiger partial charge on any atom is -0.346 e. The molecule has 5 nitrogen and oxygen atoms in total. The third-order valence-corrected chi connectivity index (χ3v) is 4.21. The molecule has 8 heteroatoms. The number of rotatable bonds is 5. The fraction of sp³-hybridized carbons (Fsp3) is 0.188. The van der Waals surface area contributed by atoms with Crippen molar-refractivity contribution >= 4 is 44.8 Å². The second-order valence-corrected chi connectivity index (χ2v) is 7.97. The van der Waals surface area contributed by atoms with E-state index in [1.54, 1.807) is 37.3 Å². The number of amides is 1. The highest BCUT2D eigenvalue weighted by molar-refractivity contribution is 7.92. The minimum atomic E-state index is -3.36. The van der Waals surface area contributed by atoms with E-state index in [-0.39, 0.29) is 11.9 Å². The van der Waals surface area contributed by atoms with Crippen molar-refractivity contribution in [2.75, 3.05) is 11.0 Å². The van der Waals surface area contributed by atoms with Crippen LogP contribution in [0.1, 0.15) is 28.9 Å². The summed E-state index contributed by atoms with van der Waals surface area (Å²) in [5.74, 6) is -0.326. The van der Waals surface area contributed by atoms with Crippen molar-refractivity contribution in [3.8, 4) is 0 Å². The van der Waals surface area contributed by atoms with Gasteiger partial charge in [0.15, 0.2) is 0 Å². The normalized spacial score (nSPS) is 12.5. The molecule has 0 aliphatic carbocycles. The Bertz CT molecular complexity index is 849. The average molecular weight is 387 g/mol. The fourth-order valence-electron chi connectivity index (χ4n) is 2.13. The number of anilines is 1. The first-order valence-corrected chi connectivity index (χ1v) is 9.63. The van der Waals surface area contributed by atoms with Crippen LogP contribution in [-0.2, 0) is 10.0 Å². The van der Waals surface area contributed by atoms with Crippen LogP contribution in [0.5, 0.6) is 0 Å². The van der Waals surface area contributed by atoms with E-state index in [2.05, 4.69) is 10.0 Å². The van der Waals surface area contributed by atoms with E-state index in [9.17, 15) is 13.2 Å². The van der Waals surface area contributed by atoms with Crippen molar-refractivity contribution in [1.82, 2.24) is 5.32 Å². The highest BCUT2D eigenvalue weighted by Crippen LogP contribution is 2.21. The Balaban J connectivity index is 2.15. The van der Waals surface area contributed by atoms with Gasteiger partial charge in [0.1, 0.15) is 0 Å². The maximum Gasteiger partial charge on any atom is 0.251 e. The lowest BCUT2D eigenvalue weighted by molar-refractivity contribution is 0.0940. The van der Waals surface area contributed by atoms with Crippen LogP contribution in [0.2, 0.25) is 10.0 Å². The molecule has 0 spiro atoms. The van der Waals surface area contributed by atoms with Gasteiger partial charge in [0, 0.05) is 21.3 Å². The highest BCUT2D eigenvalue weighted by Gasteiger charge is 2.13. The number of hydrogen-bond acceptors (Lipinski definition) is 3. The van der Waals surface area contributed by atoms with Crippen molar-refractivity contribution in [2.45, 2.75) is 13.0 Å².